The lowest BCUT2D eigenvalue weighted by Crippen LogP contribution is -2.38. The van der Waals surface area contributed by atoms with Crippen LogP contribution in [0.4, 0.5) is 0 Å². The monoisotopic (exact) mass is 275 g/mol. The van der Waals surface area contributed by atoms with Crippen LogP contribution in [-0.2, 0) is 0 Å². The number of rotatable bonds is 4. The average Bonchev–Trinajstić information content (AvgIpc) is 2.28. The third-order valence-corrected chi connectivity index (χ3v) is 2.98. The molecule has 0 radical (unpaired) electrons. The number of carbonyl (C=O) groups excluding carboxylic acids is 1. The van der Waals surface area contributed by atoms with Crippen LogP contribution in [0.3, 0.4) is 0 Å². The summed E-state index contributed by atoms with van der Waals surface area (Å²) in [7, 11) is 3.89. The van der Waals surface area contributed by atoms with Gasteiger partial charge in [-0.1, -0.05) is 23.2 Å². The summed E-state index contributed by atoms with van der Waals surface area (Å²) in [5.74, 6) is -0.314. The maximum absolute atomic E-state index is 11.8. The van der Waals surface area contributed by atoms with E-state index >= 15 is 0 Å². The molecule has 0 aromatic carbocycles. The van der Waals surface area contributed by atoms with Crippen LogP contribution >= 0.6 is 23.2 Å². The minimum Gasteiger partial charge on any atom is -0.349 e. The van der Waals surface area contributed by atoms with Gasteiger partial charge in [0.25, 0.3) is 5.91 Å². The zero-order valence-electron chi connectivity index (χ0n) is 10.00. The first kappa shape index (κ1) is 14.2. The van der Waals surface area contributed by atoms with E-state index < -0.39 is 0 Å². The summed E-state index contributed by atoms with van der Waals surface area (Å²) in [5.41, 5.74) is 0.158. The number of likely N-dealkylation sites (N-methyl/N-ethyl adjacent to an activating group) is 1. The molecule has 1 unspecified atom stereocenters. The van der Waals surface area contributed by atoms with Gasteiger partial charge in [0.05, 0.1) is 5.02 Å². The Kier molecular flexibility index (Phi) is 5.18. The number of nitrogens with zero attached hydrogens (tertiary/aromatic N) is 2. The zero-order chi connectivity index (χ0) is 13.0. The topological polar surface area (TPSA) is 45.2 Å². The number of hydrogen-bond acceptors (Lipinski definition) is 3. The lowest BCUT2D eigenvalue weighted by atomic mass is 10.3. The second-order valence-electron chi connectivity index (χ2n) is 3.99. The maximum Gasteiger partial charge on any atom is 0.271 e. The molecule has 94 valence electrons. The lowest BCUT2D eigenvalue weighted by molar-refractivity contribution is 0.0939. The molecule has 0 spiro atoms. The second-order valence-corrected chi connectivity index (χ2v) is 4.78. The molecule has 0 aliphatic rings. The van der Waals surface area contributed by atoms with E-state index in [2.05, 4.69) is 10.3 Å². The van der Waals surface area contributed by atoms with Crippen LogP contribution in [0.25, 0.3) is 0 Å². The summed E-state index contributed by atoms with van der Waals surface area (Å²) in [6.45, 7) is 2.53. The van der Waals surface area contributed by atoms with E-state index in [1.165, 1.54) is 0 Å². The van der Waals surface area contributed by atoms with Crippen LogP contribution in [0.1, 0.15) is 17.4 Å². The SMILES string of the molecule is CC(CNC(=O)c1nc(Cl)ccc1Cl)N(C)C. The van der Waals surface area contributed by atoms with Crippen molar-refractivity contribution in [3.05, 3.63) is 28.0 Å². The second kappa shape index (κ2) is 6.19. The van der Waals surface area contributed by atoms with Gasteiger partial charge in [-0.25, -0.2) is 4.98 Å². The highest BCUT2D eigenvalue weighted by Crippen LogP contribution is 2.16. The van der Waals surface area contributed by atoms with Crippen molar-refractivity contribution in [2.45, 2.75) is 13.0 Å². The van der Waals surface area contributed by atoms with Gasteiger partial charge in [-0.15, -0.1) is 0 Å². The van der Waals surface area contributed by atoms with Gasteiger partial charge in [-0.3, -0.25) is 4.79 Å². The summed E-state index contributed by atoms with van der Waals surface area (Å²) in [4.78, 5) is 17.7. The summed E-state index contributed by atoms with van der Waals surface area (Å²) < 4.78 is 0. The van der Waals surface area contributed by atoms with Crippen molar-refractivity contribution in [1.82, 2.24) is 15.2 Å². The number of halogens is 2. The summed E-state index contributed by atoms with van der Waals surface area (Å²) in [6, 6.07) is 3.33. The van der Waals surface area contributed by atoms with Gasteiger partial charge in [0.15, 0.2) is 0 Å². The Hall–Kier alpha value is -0.840. The molecule has 0 aliphatic carbocycles. The lowest BCUT2D eigenvalue weighted by Gasteiger charge is -2.19. The van der Waals surface area contributed by atoms with Crippen molar-refractivity contribution in [3.63, 3.8) is 0 Å². The number of carbonyl (C=O) groups is 1. The average molecular weight is 276 g/mol. The van der Waals surface area contributed by atoms with E-state index in [9.17, 15) is 4.79 Å². The van der Waals surface area contributed by atoms with E-state index in [0.29, 0.717) is 11.6 Å². The fraction of sp³-hybridized carbons (Fsp3) is 0.455. The van der Waals surface area contributed by atoms with Gasteiger partial charge in [-0.05, 0) is 33.2 Å². The normalized spacial score (nSPS) is 12.6. The first-order valence-electron chi connectivity index (χ1n) is 5.18. The molecule has 1 aromatic heterocycles. The Morgan fingerprint density at radius 1 is 1.47 bits per heavy atom. The van der Waals surface area contributed by atoms with Crippen LogP contribution in [0.5, 0.6) is 0 Å². The molecule has 1 aromatic rings. The van der Waals surface area contributed by atoms with E-state index in [1.54, 1.807) is 12.1 Å². The van der Waals surface area contributed by atoms with E-state index in [1.807, 2.05) is 25.9 Å². The molecule has 0 saturated heterocycles. The molecule has 1 amide bonds. The predicted molar refractivity (Wildman–Crippen MR) is 69.7 cm³/mol. The highest BCUT2D eigenvalue weighted by atomic mass is 35.5. The van der Waals surface area contributed by atoms with E-state index in [0.717, 1.165) is 0 Å². The number of nitrogens with one attached hydrogen (secondary N) is 1. The van der Waals surface area contributed by atoms with Crippen molar-refractivity contribution >= 4 is 29.1 Å². The minimum absolute atomic E-state index is 0.158. The first-order valence-corrected chi connectivity index (χ1v) is 5.94. The minimum atomic E-state index is -0.314. The number of amides is 1. The third-order valence-electron chi connectivity index (χ3n) is 2.47. The molecular weight excluding hydrogens is 261 g/mol. The summed E-state index contributed by atoms with van der Waals surface area (Å²) in [5, 5.41) is 3.31. The quantitative estimate of drug-likeness (QED) is 0.856. The van der Waals surface area contributed by atoms with Gasteiger partial charge in [0.1, 0.15) is 10.8 Å². The molecule has 0 fully saturated rings. The Labute approximate surface area is 111 Å². The Bertz CT molecular complexity index is 410. The molecule has 1 N–H and O–H groups in total. The van der Waals surface area contributed by atoms with Crippen LogP contribution in [0.15, 0.2) is 12.1 Å². The molecule has 1 heterocycles. The molecule has 17 heavy (non-hydrogen) atoms. The highest BCUT2D eigenvalue weighted by molar-refractivity contribution is 6.34. The van der Waals surface area contributed by atoms with Crippen LogP contribution < -0.4 is 5.32 Å². The van der Waals surface area contributed by atoms with Gasteiger partial charge in [-0.2, -0.15) is 0 Å². The van der Waals surface area contributed by atoms with Crippen LogP contribution in [0, 0.1) is 0 Å². The number of aromatic nitrogens is 1. The van der Waals surface area contributed by atoms with Gasteiger partial charge < -0.3 is 10.2 Å². The van der Waals surface area contributed by atoms with Crippen molar-refractivity contribution in [2.75, 3.05) is 20.6 Å². The predicted octanol–water partition coefficient (Wildman–Crippen LogP) is 2.07. The molecule has 0 saturated carbocycles. The van der Waals surface area contributed by atoms with Gasteiger partial charge in [0, 0.05) is 12.6 Å². The highest BCUT2D eigenvalue weighted by Gasteiger charge is 2.14. The van der Waals surface area contributed by atoms with E-state index in [-0.39, 0.29) is 22.8 Å². The Morgan fingerprint density at radius 3 is 2.71 bits per heavy atom. The number of pyridine rings is 1. The molecule has 4 nitrogen and oxygen atoms in total. The fourth-order valence-corrected chi connectivity index (χ4v) is 1.42. The van der Waals surface area contributed by atoms with Gasteiger partial charge in [0.2, 0.25) is 0 Å². The van der Waals surface area contributed by atoms with Crippen molar-refractivity contribution in [1.29, 1.82) is 0 Å². The third kappa shape index (κ3) is 4.15. The van der Waals surface area contributed by atoms with Crippen LogP contribution in [0.2, 0.25) is 10.2 Å². The molecule has 1 rings (SSSR count). The zero-order valence-corrected chi connectivity index (χ0v) is 11.5. The Morgan fingerprint density at radius 2 is 2.12 bits per heavy atom. The smallest absolute Gasteiger partial charge is 0.271 e. The molecule has 0 aliphatic heterocycles. The molecule has 0 bridgehead atoms. The van der Waals surface area contributed by atoms with Crippen LogP contribution in [-0.4, -0.2) is 42.5 Å². The molecule has 6 heteroatoms. The standard InChI is InChI=1S/C11H15Cl2N3O/c1-7(16(2)3)6-14-11(17)10-8(12)4-5-9(13)15-10/h4-5,7H,6H2,1-3H3,(H,14,17). The molecule has 1 atom stereocenters. The van der Waals surface area contributed by atoms with Gasteiger partial charge >= 0.3 is 0 Å². The largest absolute Gasteiger partial charge is 0.349 e. The number of hydrogen-bond donors (Lipinski definition) is 1. The fourth-order valence-electron chi connectivity index (χ4n) is 1.08. The maximum atomic E-state index is 11.8. The first-order chi connectivity index (χ1) is 7.91. The Balaban J connectivity index is 2.67. The van der Waals surface area contributed by atoms with Crippen molar-refractivity contribution < 1.29 is 4.79 Å². The summed E-state index contributed by atoms with van der Waals surface area (Å²) in [6.07, 6.45) is 0. The van der Waals surface area contributed by atoms with Crippen molar-refractivity contribution in [3.8, 4) is 0 Å². The van der Waals surface area contributed by atoms with E-state index in [4.69, 9.17) is 23.2 Å². The molecular formula is C11H15Cl2N3O. The van der Waals surface area contributed by atoms with Crippen molar-refractivity contribution in [2.24, 2.45) is 0 Å². The summed E-state index contributed by atoms with van der Waals surface area (Å²) >= 11 is 11.6.